The van der Waals surface area contributed by atoms with Gasteiger partial charge in [-0.05, 0) is 57.8 Å². The number of carbonyl (C=O) groups is 1. The van der Waals surface area contributed by atoms with Crippen molar-refractivity contribution < 1.29 is 89.4 Å². The zero-order valence-corrected chi connectivity index (χ0v) is 68.6. The Morgan fingerprint density at radius 3 is 0.926 bits per heavy atom. The lowest BCUT2D eigenvalue weighted by Crippen LogP contribution is -2.66. The third kappa shape index (κ3) is 47.8. The Bertz CT molecular complexity index is 2090. The van der Waals surface area contributed by atoms with Crippen LogP contribution in [-0.2, 0) is 33.2 Å². The molecule has 3 saturated heterocycles. The van der Waals surface area contributed by atoms with Crippen molar-refractivity contribution in [2.24, 2.45) is 0 Å². The van der Waals surface area contributed by atoms with Crippen molar-refractivity contribution in [1.82, 2.24) is 5.32 Å². The van der Waals surface area contributed by atoms with Crippen molar-refractivity contribution >= 4 is 5.91 Å². The first-order valence-electron chi connectivity index (χ1n) is 45.2. The quantitative estimate of drug-likeness (QED) is 0.0199. The minimum atomic E-state index is -1.98. The zero-order valence-electron chi connectivity index (χ0n) is 68.6. The van der Waals surface area contributed by atoms with Crippen molar-refractivity contribution in [3.63, 3.8) is 0 Å². The average Bonchev–Trinajstić information content (AvgIpc) is 0.775. The molecule has 636 valence electrons. The molecule has 19 nitrogen and oxygen atoms in total. The molecular weight excluding hydrogens is 1370 g/mol. The third-order valence-corrected chi connectivity index (χ3v) is 22.7. The summed E-state index contributed by atoms with van der Waals surface area (Å²) < 4.78 is 34.5. The summed E-state index contributed by atoms with van der Waals surface area (Å²) >= 11 is 0. The van der Waals surface area contributed by atoms with Gasteiger partial charge in [0.05, 0.1) is 38.6 Å². The molecule has 17 atom stereocenters. The molecule has 3 aliphatic heterocycles. The maximum atomic E-state index is 13.5. The van der Waals surface area contributed by atoms with Gasteiger partial charge in [-0.15, -0.1) is 0 Å². The van der Waals surface area contributed by atoms with Crippen molar-refractivity contribution in [2.45, 2.75) is 497 Å². The van der Waals surface area contributed by atoms with Crippen LogP contribution in [0.5, 0.6) is 0 Å². The van der Waals surface area contributed by atoms with Gasteiger partial charge in [0.15, 0.2) is 18.9 Å². The molecule has 0 saturated carbocycles. The number of unbranched alkanes of at least 4 members (excludes halogenated alkanes) is 54. The number of aliphatic hydroxyl groups excluding tert-OH is 11. The first-order valence-corrected chi connectivity index (χ1v) is 45.2. The van der Waals surface area contributed by atoms with Gasteiger partial charge in [0.25, 0.3) is 0 Å². The van der Waals surface area contributed by atoms with E-state index < -0.39 is 124 Å². The second-order valence-corrected chi connectivity index (χ2v) is 32.4. The Balaban J connectivity index is 1.31. The van der Waals surface area contributed by atoms with Crippen LogP contribution in [0.4, 0.5) is 0 Å². The van der Waals surface area contributed by atoms with E-state index in [0.29, 0.717) is 12.8 Å². The second kappa shape index (κ2) is 69.3. The van der Waals surface area contributed by atoms with Crippen LogP contribution >= 0.6 is 0 Å². The van der Waals surface area contributed by atoms with Gasteiger partial charge in [-0.2, -0.15) is 0 Å². The second-order valence-electron chi connectivity index (χ2n) is 32.4. The number of nitrogens with one attached hydrogen (secondary N) is 1. The molecule has 1 amide bonds. The predicted octanol–water partition coefficient (Wildman–Crippen LogP) is 17.0. The fraction of sp³-hybridized carbons (Fsp3) is 0.921. The van der Waals surface area contributed by atoms with Crippen LogP contribution in [0.3, 0.4) is 0 Å². The van der Waals surface area contributed by atoms with Gasteiger partial charge in [0.1, 0.15) is 73.2 Å². The van der Waals surface area contributed by atoms with Crippen LogP contribution < -0.4 is 5.32 Å². The number of aliphatic hydroxyl groups is 11. The maximum Gasteiger partial charge on any atom is 0.220 e. The molecule has 3 aliphatic rings. The average molecular weight is 1540 g/mol. The lowest BCUT2D eigenvalue weighted by atomic mass is 9.96. The van der Waals surface area contributed by atoms with Crippen LogP contribution in [-0.4, -0.2) is 193 Å². The van der Waals surface area contributed by atoms with Gasteiger partial charge in [0, 0.05) is 6.42 Å². The van der Waals surface area contributed by atoms with E-state index in [1.54, 1.807) is 6.08 Å². The lowest BCUT2D eigenvalue weighted by Gasteiger charge is -2.48. The molecule has 0 aliphatic carbocycles. The first kappa shape index (κ1) is 100. The van der Waals surface area contributed by atoms with E-state index in [-0.39, 0.29) is 18.9 Å². The molecule has 0 aromatic heterocycles. The lowest BCUT2D eigenvalue weighted by molar-refractivity contribution is -0.379. The standard InChI is InChI=1S/C89H167NO18/c1-3-5-7-9-11-13-15-17-19-21-23-25-27-29-30-31-32-33-34-35-36-37-38-39-40-41-42-43-45-47-49-51-53-55-57-59-61-63-65-67-77(95)90-72(73(94)66-64-62-60-58-56-54-52-50-48-46-44-28-26-24-22-20-18-16-14-12-10-8-6-4-2)71-103-87-83(101)80(98)85(75(69-92)105-87)108-89-84(102)81(99)86(76(70-93)106-89)107-88-82(100)79(97)78(96)74(68-91)104-88/h21,23,56,58,64,66,72-76,78-89,91-94,96-102H,3-20,22,24-55,57,59-63,65,67-71H2,1-2H3,(H,90,95)/b23-21-,58-56+,66-64+. The van der Waals surface area contributed by atoms with Gasteiger partial charge >= 0.3 is 0 Å². The van der Waals surface area contributed by atoms with Gasteiger partial charge in [0.2, 0.25) is 5.91 Å². The predicted molar refractivity (Wildman–Crippen MR) is 434 cm³/mol. The molecule has 3 fully saturated rings. The first-order chi connectivity index (χ1) is 52.8. The molecule has 108 heavy (non-hydrogen) atoms. The highest BCUT2D eigenvalue weighted by atomic mass is 16.8. The van der Waals surface area contributed by atoms with Crippen molar-refractivity contribution in [3.8, 4) is 0 Å². The highest BCUT2D eigenvalue weighted by Crippen LogP contribution is 2.34. The van der Waals surface area contributed by atoms with E-state index in [2.05, 4.69) is 43.5 Å². The van der Waals surface area contributed by atoms with Gasteiger partial charge < -0.3 is 89.9 Å². The maximum absolute atomic E-state index is 13.5. The van der Waals surface area contributed by atoms with Crippen molar-refractivity contribution in [2.75, 3.05) is 26.4 Å². The van der Waals surface area contributed by atoms with Crippen LogP contribution in [0.2, 0.25) is 0 Å². The fourth-order valence-corrected chi connectivity index (χ4v) is 15.4. The number of allylic oxidation sites excluding steroid dienone is 5. The summed E-state index contributed by atoms with van der Waals surface area (Å²) in [5.74, 6) is -0.277. The highest BCUT2D eigenvalue weighted by molar-refractivity contribution is 5.76. The van der Waals surface area contributed by atoms with Crippen LogP contribution in [0.1, 0.15) is 393 Å². The van der Waals surface area contributed by atoms with Crippen LogP contribution in [0.25, 0.3) is 0 Å². The van der Waals surface area contributed by atoms with Crippen LogP contribution in [0, 0.1) is 0 Å². The molecule has 17 unspecified atom stereocenters. The fourth-order valence-electron chi connectivity index (χ4n) is 15.4. The molecule has 12 N–H and O–H groups in total. The van der Waals surface area contributed by atoms with Gasteiger partial charge in [-0.25, -0.2) is 0 Å². The minimum absolute atomic E-state index is 0.240. The Kier molecular flexibility index (Phi) is 64.3. The Morgan fingerprint density at radius 1 is 0.324 bits per heavy atom. The number of ether oxygens (including phenoxy) is 6. The summed E-state index contributed by atoms with van der Waals surface area (Å²) in [5, 5.41) is 121. The van der Waals surface area contributed by atoms with Crippen LogP contribution in [0.15, 0.2) is 36.5 Å². The minimum Gasteiger partial charge on any atom is -0.394 e. The summed E-state index contributed by atoms with van der Waals surface area (Å²) in [5.41, 5.74) is 0. The van der Waals surface area contributed by atoms with Crippen molar-refractivity contribution in [3.05, 3.63) is 36.5 Å². The summed E-state index contributed by atoms with van der Waals surface area (Å²) in [7, 11) is 0. The van der Waals surface area contributed by atoms with Gasteiger partial charge in [-0.1, -0.05) is 365 Å². The molecule has 3 heterocycles. The number of amides is 1. The number of carbonyl (C=O) groups excluding carboxylic acids is 1. The summed E-state index contributed by atoms with van der Waals surface area (Å²) in [6.45, 7) is 1.78. The summed E-state index contributed by atoms with van der Waals surface area (Å²) in [4.78, 5) is 13.5. The normalized spacial score (nSPS) is 25.5. The van der Waals surface area contributed by atoms with E-state index in [9.17, 15) is 61.0 Å². The van der Waals surface area contributed by atoms with E-state index in [1.807, 2.05) is 6.08 Å². The highest BCUT2D eigenvalue weighted by Gasteiger charge is 2.54. The number of hydrogen-bond acceptors (Lipinski definition) is 18. The zero-order chi connectivity index (χ0) is 78.1. The Labute approximate surface area is 657 Å². The SMILES string of the molecule is CCCCCCCCCC/C=C\CCCCCCCCCCCCCCCCCCCCCCCCCCCCCC(=O)NC(COC1OC(CO)C(OC2OC(CO)C(OC3OC(CO)C(O)C(O)C3O)C(O)C2O)C(O)C1O)C(O)/C=C/CC/C=C/CCCCCCCCCCCCCCCCCCCC. The Hall–Kier alpha value is -1.99. The molecule has 0 radical (unpaired) electrons. The number of rotatable bonds is 74. The van der Waals surface area contributed by atoms with E-state index >= 15 is 0 Å². The van der Waals surface area contributed by atoms with E-state index in [1.165, 1.54) is 321 Å². The molecule has 3 rings (SSSR count). The topological polar surface area (TPSA) is 307 Å². The number of hydrogen-bond donors (Lipinski definition) is 12. The van der Waals surface area contributed by atoms with E-state index in [4.69, 9.17) is 28.4 Å². The Morgan fingerprint density at radius 2 is 0.593 bits per heavy atom. The summed E-state index contributed by atoms with van der Waals surface area (Å²) in [6.07, 6.45) is 61.7. The molecule has 0 aromatic rings. The third-order valence-electron chi connectivity index (χ3n) is 22.7. The molecule has 0 spiro atoms. The smallest absolute Gasteiger partial charge is 0.220 e. The molecule has 19 heteroatoms. The molecule has 0 aromatic carbocycles. The van der Waals surface area contributed by atoms with Crippen molar-refractivity contribution in [1.29, 1.82) is 0 Å². The monoisotopic (exact) mass is 1540 g/mol. The largest absolute Gasteiger partial charge is 0.394 e. The van der Waals surface area contributed by atoms with E-state index in [0.717, 1.165) is 38.5 Å². The molecule has 0 bridgehead atoms. The summed E-state index contributed by atoms with van der Waals surface area (Å²) in [6, 6.07) is -0.990. The van der Waals surface area contributed by atoms with Gasteiger partial charge in [-0.3, -0.25) is 4.79 Å². The molecular formula is C89H167NO18.